The molecule has 1 heterocycles. The van der Waals surface area contributed by atoms with E-state index in [1.165, 1.54) is 0 Å². The minimum Gasteiger partial charge on any atom is -0.377 e. The second kappa shape index (κ2) is 8.15. The van der Waals surface area contributed by atoms with Gasteiger partial charge in [-0.05, 0) is 43.4 Å². The van der Waals surface area contributed by atoms with E-state index in [4.69, 9.17) is 4.74 Å². The van der Waals surface area contributed by atoms with Crippen LogP contribution in [0.3, 0.4) is 0 Å². The van der Waals surface area contributed by atoms with Gasteiger partial charge in [0.2, 0.25) is 5.91 Å². The molecule has 0 aliphatic carbocycles. The molecule has 1 aliphatic heterocycles. The average molecular weight is 290 g/mol. The molecule has 2 atom stereocenters. The zero-order valence-electron chi connectivity index (χ0n) is 13.0. The Hall–Kier alpha value is -1.39. The van der Waals surface area contributed by atoms with Gasteiger partial charge in [-0.15, -0.1) is 0 Å². The van der Waals surface area contributed by atoms with Crippen molar-refractivity contribution < 1.29 is 9.53 Å². The lowest BCUT2D eigenvalue weighted by atomic mass is 9.92. The predicted octanol–water partition coefficient (Wildman–Crippen LogP) is 2.23. The summed E-state index contributed by atoms with van der Waals surface area (Å²) in [6.45, 7) is 6.92. The van der Waals surface area contributed by atoms with Gasteiger partial charge in [-0.1, -0.05) is 31.2 Å². The molecule has 2 unspecified atom stereocenters. The fourth-order valence-electron chi connectivity index (χ4n) is 2.78. The summed E-state index contributed by atoms with van der Waals surface area (Å²) in [6, 6.07) is 8.05. The summed E-state index contributed by atoms with van der Waals surface area (Å²) in [7, 11) is 0. The number of amides is 1. The van der Waals surface area contributed by atoms with E-state index in [1.807, 2.05) is 25.1 Å². The van der Waals surface area contributed by atoms with Crippen LogP contribution in [-0.2, 0) is 22.7 Å². The zero-order chi connectivity index (χ0) is 15.1. The van der Waals surface area contributed by atoms with Crippen LogP contribution in [0.15, 0.2) is 24.3 Å². The standard InChI is InChI=1S/C17H26N2O2/c1-3-21-12-15-9-5-4-8-14(15)11-19-17(20)16-13(2)7-6-10-18-16/h4-5,8-9,13,16,18H,3,6-7,10-12H2,1-2H3,(H,19,20). The van der Waals surface area contributed by atoms with E-state index in [0.717, 1.165) is 30.5 Å². The Bertz CT molecular complexity index is 462. The first-order chi connectivity index (χ1) is 10.2. The van der Waals surface area contributed by atoms with Gasteiger partial charge in [0.1, 0.15) is 0 Å². The number of nitrogens with one attached hydrogen (secondary N) is 2. The molecule has 1 aromatic rings. The molecular formula is C17H26N2O2. The summed E-state index contributed by atoms with van der Waals surface area (Å²) in [5.41, 5.74) is 2.27. The van der Waals surface area contributed by atoms with Gasteiger partial charge in [0.05, 0.1) is 12.6 Å². The first-order valence-electron chi connectivity index (χ1n) is 7.88. The molecule has 0 bridgehead atoms. The van der Waals surface area contributed by atoms with Crippen LogP contribution in [0.1, 0.15) is 37.8 Å². The number of benzene rings is 1. The van der Waals surface area contributed by atoms with Crippen LogP contribution in [0.4, 0.5) is 0 Å². The van der Waals surface area contributed by atoms with Gasteiger partial charge in [-0.2, -0.15) is 0 Å². The second-order valence-corrected chi connectivity index (χ2v) is 5.67. The highest BCUT2D eigenvalue weighted by Gasteiger charge is 2.26. The van der Waals surface area contributed by atoms with Gasteiger partial charge < -0.3 is 15.4 Å². The smallest absolute Gasteiger partial charge is 0.237 e. The maximum atomic E-state index is 12.3. The van der Waals surface area contributed by atoms with Crippen molar-refractivity contribution in [3.63, 3.8) is 0 Å². The molecule has 1 aliphatic rings. The topological polar surface area (TPSA) is 50.4 Å². The quantitative estimate of drug-likeness (QED) is 0.844. The van der Waals surface area contributed by atoms with Gasteiger partial charge in [0.15, 0.2) is 0 Å². The number of piperidine rings is 1. The van der Waals surface area contributed by atoms with Crippen LogP contribution in [-0.4, -0.2) is 25.1 Å². The van der Waals surface area contributed by atoms with E-state index < -0.39 is 0 Å². The van der Waals surface area contributed by atoms with Crippen molar-refractivity contribution in [1.82, 2.24) is 10.6 Å². The number of ether oxygens (including phenoxy) is 1. The highest BCUT2D eigenvalue weighted by molar-refractivity contribution is 5.82. The van der Waals surface area contributed by atoms with E-state index in [9.17, 15) is 4.79 Å². The third-order valence-corrected chi connectivity index (χ3v) is 4.09. The van der Waals surface area contributed by atoms with Crippen molar-refractivity contribution in [3.05, 3.63) is 35.4 Å². The Morgan fingerprint density at radius 1 is 1.38 bits per heavy atom. The average Bonchev–Trinajstić information content (AvgIpc) is 2.52. The highest BCUT2D eigenvalue weighted by Crippen LogP contribution is 2.16. The number of hydrogen-bond donors (Lipinski definition) is 2. The molecule has 4 heteroatoms. The summed E-state index contributed by atoms with van der Waals surface area (Å²) in [5, 5.41) is 6.38. The van der Waals surface area contributed by atoms with Crippen LogP contribution in [0.5, 0.6) is 0 Å². The van der Waals surface area contributed by atoms with Gasteiger partial charge in [-0.3, -0.25) is 4.79 Å². The molecule has 0 radical (unpaired) electrons. The lowest BCUT2D eigenvalue weighted by Crippen LogP contribution is -2.50. The molecule has 1 saturated heterocycles. The predicted molar refractivity (Wildman–Crippen MR) is 83.8 cm³/mol. The Balaban J connectivity index is 1.91. The Kier molecular flexibility index (Phi) is 6.21. The summed E-state index contributed by atoms with van der Waals surface area (Å²) in [4.78, 5) is 12.3. The van der Waals surface area contributed by atoms with Gasteiger partial charge >= 0.3 is 0 Å². The number of rotatable bonds is 6. The van der Waals surface area contributed by atoms with E-state index in [2.05, 4.69) is 23.6 Å². The molecule has 116 valence electrons. The molecule has 1 fully saturated rings. The minimum absolute atomic E-state index is 0.0576. The van der Waals surface area contributed by atoms with Crippen LogP contribution >= 0.6 is 0 Å². The molecule has 2 rings (SSSR count). The minimum atomic E-state index is -0.0576. The Labute approximate surface area is 127 Å². The molecule has 1 amide bonds. The summed E-state index contributed by atoms with van der Waals surface area (Å²) >= 11 is 0. The Morgan fingerprint density at radius 3 is 2.86 bits per heavy atom. The molecule has 2 N–H and O–H groups in total. The fourth-order valence-corrected chi connectivity index (χ4v) is 2.78. The lowest BCUT2D eigenvalue weighted by molar-refractivity contribution is -0.125. The van der Waals surface area contributed by atoms with Crippen molar-refractivity contribution in [2.75, 3.05) is 13.2 Å². The molecule has 0 spiro atoms. The second-order valence-electron chi connectivity index (χ2n) is 5.67. The Morgan fingerprint density at radius 2 is 2.14 bits per heavy atom. The number of hydrogen-bond acceptors (Lipinski definition) is 3. The zero-order valence-corrected chi connectivity index (χ0v) is 13.0. The van der Waals surface area contributed by atoms with E-state index in [1.54, 1.807) is 0 Å². The first kappa shape index (κ1) is 16.0. The normalized spacial score (nSPS) is 22.0. The number of carbonyl (C=O) groups is 1. The van der Waals surface area contributed by atoms with Crippen molar-refractivity contribution in [2.24, 2.45) is 5.92 Å². The molecule has 1 aromatic carbocycles. The largest absolute Gasteiger partial charge is 0.377 e. The maximum absolute atomic E-state index is 12.3. The van der Waals surface area contributed by atoms with E-state index in [0.29, 0.717) is 25.7 Å². The molecule has 21 heavy (non-hydrogen) atoms. The molecule has 0 saturated carbocycles. The number of carbonyl (C=O) groups excluding carboxylic acids is 1. The third-order valence-electron chi connectivity index (χ3n) is 4.09. The van der Waals surface area contributed by atoms with Gasteiger partial charge in [0.25, 0.3) is 0 Å². The van der Waals surface area contributed by atoms with Crippen LogP contribution in [0.25, 0.3) is 0 Å². The van der Waals surface area contributed by atoms with E-state index in [-0.39, 0.29) is 11.9 Å². The molecule has 0 aromatic heterocycles. The van der Waals surface area contributed by atoms with Gasteiger partial charge in [0, 0.05) is 13.2 Å². The van der Waals surface area contributed by atoms with Crippen LogP contribution in [0, 0.1) is 5.92 Å². The van der Waals surface area contributed by atoms with Gasteiger partial charge in [-0.25, -0.2) is 0 Å². The van der Waals surface area contributed by atoms with Crippen molar-refractivity contribution in [2.45, 2.75) is 45.9 Å². The van der Waals surface area contributed by atoms with Crippen LogP contribution < -0.4 is 10.6 Å². The highest BCUT2D eigenvalue weighted by atomic mass is 16.5. The monoisotopic (exact) mass is 290 g/mol. The van der Waals surface area contributed by atoms with Crippen molar-refractivity contribution in [1.29, 1.82) is 0 Å². The van der Waals surface area contributed by atoms with Crippen molar-refractivity contribution >= 4 is 5.91 Å². The fraction of sp³-hybridized carbons (Fsp3) is 0.588. The molecular weight excluding hydrogens is 264 g/mol. The SMILES string of the molecule is CCOCc1ccccc1CNC(=O)C1NCCCC1C. The van der Waals surface area contributed by atoms with Crippen molar-refractivity contribution in [3.8, 4) is 0 Å². The summed E-state index contributed by atoms with van der Waals surface area (Å²) < 4.78 is 5.48. The van der Waals surface area contributed by atoms with E-state index >= 15 is 0 Å². The third kappa shape index (κ3) is 4.55. The van der Waals surface area contributed by atoms with Crippen LogP contribution in [0.2, 0.25) is 0 Å². The summed E-state index contributed by atoms with van der Waals surface area (Å²) in [6.07, 6.45) is 2.27. The maximum Gasteiger partial charge on any atom is 0.237 e. The first-order valence-corrected chi connectivity index (χ1v) is 7.88. The lowest BCUT2D eigenvalue weighted by Gasteiger charge is -2.29. The summed E-state index contributed by atoms with van der Waals surface area (Å²) in [5.74, 6) is 0.505. The molecule has 4 nitrogen and oxygen atoms in total.